The quantitative estimate of drug-likeness (QED) is 0.529. The first-order chi connectivity index (χ1) is 12.5. The van der Waals surface area contributed by atoms with Crippen molar-refractivity contribution < 1.29 is 27.4 Å². The van der Waals surface area contributed by atoms with Crippen molar-refractivity contribution in [1.82, 2.24) is 4.72 Å². The maximum absolute atomic E-state index is 12.4. The summed E-state index contributed by atoms with van der Waals surface area (Å²) in [6.45, 7) is 1.05. The molecule has 0 saturated heterocycles. The molecule has 2 aromatic rings. The fourth-order valence-electron chi connectivity index (χ4n) is 2.12. The van der Waals surface area contributed by atoms with Crippen LogP contribution in [0.3, 0.4) is 0 Å². The second-order valence-corrected chi connectivity index (χ2v) is 7.10. The van der Waals surface area contributed by atoms with Gasteiger partial charge in [-0.25, -0.2) is 17.9 Å². The van der Waals surface area contributed by atoms with Crippen LogP contribution in [0.25, 0.3) is 0 Å². The molecule has 0 aliphatic carbocycles. The second-order valence-electron chi connectivity index (χ2n) is 5.33. The SMILES string of the molecule is COCCOc1ccc(CNS(=O)(=O)c2cccc(C(=O)OC)c2)cc1. The molecule has 26 heavy (non-hydrogen) atoms. The summed E-state index contributed by atoms with van der Waals surface area (Å²) in [5.41, 5.74) is 0.949. The maximum Gasteiger partial charge on any atom is 0.337 e. The van der Waals surface area contributed by atoms with Crippen LogP contribution in [0.2, 0.25) is 0 Å². The molecule has 1 N–H and O–H groups in total. The first-order valence-electron chi connectivity index (χ1n) is 7.85. The van der Waals surface area contributed by atoms with Crippen molar-refractivity contribution in [3.63, 3.8) is 0 Å². The third kappa shape index (κ3) is 5.55. The Morgan fingerprint density at radius 2 is 1.77 bits per heavy atom. The number of nitrogens with one attached hydrogen (secondary N) is 1. The highest BCUT2D eigenvalue weighted by Crippen LogP contribution is 2.15. The Labute approximate surface area is 152 Å². The number of esters is 1. The molecule has 0 unspecified atom stereocenters. The molecule has 0 heterocycles. The molecule has 2 rings (SSSR count). The normalized spacial score (nSPS) is 11.2. The molecule has 8 heteroatoms. The van der Waals surface area contributed by atoms with Crippen molar-refractivity contribution in [2.75, 3.05) is 27.4 Å². The van der Waals surface area contributed by atoms with E-state index in [0.29, 0.717) is 19.0 Å². The van der Waals surface area contributed by atoms with Gasteiger partial charge in [-0.1, -0.05) is 18.2 Å². The number of sulfonamides is 1. The Morgan fingerprint density at radius 3 is 2.42 bits per heavy atom. The number of carbonyl (C=O) groups excluding carboxylic acids is 1. The predicted molar refractivity (Wildman–Crippen MR) is 95.6 cm³/mol. The fraction of sp³-hybridized carbons (Fsp3) is 0.278. The third-order valence-electron chi connectivity index (χ3n) is 3.51. The minimum Gasteiger partial charge on any atom is -0.491 e. The first-order valence-corrected chi connectivity index (χ1v) is 9.33. The van der Waals surface area contributed by atoms with Gasteiger partial charge in [-0.15, -0.1) is 0 Å². The second kappa shape index (κ2) is 9.33. The summed E-state index contributed by atoms with van der Waals surface area (Å²) in [4.78, 5) is 11.5. The molecule has 7 nitrogen and oxygen atoms in total. The van der Waals surface area contributed by atoms with Gasteiger partial charge in [0.25, 0.3) is 0 Å². The Morgan fingerprint density at radius 1 is 1.04 bits per heavy atom. The van der Waals surface area contributed by atoms with Gasteiger partial charge in [0.05, 0.1) is 24.2 Å². The monoisotopic (exact) mass is 379 g/mol. The lowest BCUT2D eigenvalue weighted by molar-refractivity contribution is 0.0600. The number of ether oxygens (including phenoxy) is 3. The summed E-state index contributed by atoms with van der Waals surface area (Å²) < 4.78 is 42.3. The van der Waals surface area contributed by atoms with Crippen LogP contribution in [0, 0.1) is 0 Å². The van der Waals surface area contributed by atoms with E-state index < -0.39 is 16.0 Å². The van der Waals surface area contributed by atoms with Crippen molar-refractivity contribution in [2.24, 2.45) is 0 Å². The molecule has 140 valence electrons. The number of carbonyl (C=O) groups is 1. The zero-order valence-corrected chi connectivity index (χ0v) is 15.4. The van der Waals surface area contributed by atoms with Crippen LogP contribution in [-0.4, -0.2) is 41.8 Å². The summed E-state index contributed by atoms with van der Waals surface area (Å²) in [6, 6.07) is 12.8. The van der Waals surface area contributed by atoms with E-state index >= 15 is 0 Å². The highest BCUT2D eigenvalue weighted by atomic mass is 32.2. The molecule has 0 radical (unpaired) electrons. The molecule has 0 bridgehead atoms. The smallest absolute Gasteiger partial charge is 0.337 e. The number of rotatable bonds is 9. The van der Waals surface area contributed by atoms with E-state index in [1.54, 1.807) is 31.4 Å². The fourth-order valence-corrected chi connectivity index (χ4v) is 3.18. The van der Waals surface area contributed by atoms with Crippen molar-refractivity contribution >= 4 is 16.0 Å². The van der Waals surface area contributed by atoms with E-state index in [2.05, 4.69) is 9.46 Å². The van der Waals surface area contributed by atoms with Gasteiger partial charge in [-0.3, -0.25) is 0 Å². The Kier molecular flexibility index (Phi) is 7.14. The zero-order valence-electron chi connectivity index (χ0n) is 14.6. The Bertz CT molecular complexity index is 833. The average molecular weight is 379 g/mol. The van der Waals surface area contributed by atoms with Crippen molar-refractivity contribution in [3.8, 4) is 5.75 Å². The van der Waals surface area contributed by atoms with E-state index in [4.69, 9.17) is 9.47 Å². The van der Waals surface area contributed by atoms with Gasteiger partial charge in [0.2, 0.25) is 10.0 Å². The summed E-state index contributed by atoms with van der Waals surface area (Å²) in [6.07, 6.45) is 0. The van der Waals surface area contributed by atoms with E-state index in [1.807, 2.05) is 0 Å². The largest absolute Gasteiger partial charge is 0.491 e. The Balaban J connectivity index is 2.00. The molecule has 2 aromatic carbocycles. The van der Waals surface area contributed by atoms with Gasteiger partial charge in [0.15, 0.2) is 0 Å². The molecule has 0 spiro atoms. The first kappa shape index (κ1) is 19.9. The van der Waals surface area contributed by atoms with Crippen LogP contribution in [0.1, 0.15) is 15.9 Å². The summed E-state index contributed by atoms with van der Waals surface area (Å²) in [5.74, 6) is 0.0885. The zero-order chi connectivity index (χ0) is 19.0. The van der Waals surface area contributed by atoms with Gasteiger partial charge < -0.3 is 14.2 Å². The highest BCUT2D eigenvalue weighted by Gasteiger charge is 2.16. The predicted octanol–water partition coefficient (Wildman–Crippen LogP) is 1.98. The van der Waals surface area contributed by atoms with Gasteiger partial charge >= 0.3 is 5.97 Å². The molecular weight excluding hydrogens is 358 g/mol. The van der Waals surface area contributed by atoms with Crippen LogP contribution in [-0.2, 0) is 26.0 Å². The van der Waals surface area contributed by atoms with Crippen LogP contribution < -0.4 is 9.46 Å². The van der Waals surface area contributed by atoms with Gasteiger partial charge in [-0.2, -0.15) is 0 Å². The standard InChI is InChI=1S/C18H21NO6S/c1-23-10-11-25-16-8-6-14(7-9-16)13-19-26(21,22)17-5-3-4-15(12-17)18(20)24-2/h3-9,12,19H,10-11,13H2,1-2H3. The average Bonchev–Trinajstić information content (AvgIpc) is 2.67. The lowest BCUT2D eigenvalue weighted by atomic mass is 10.2. The maximum atomic E-state index is 12.4. The van der Waals surface area contributed by atoms with Gasteiger partial charge in [0.1, 0.15) is 12.4 Å². The molecular formula is C18H21NO6S. The third-order valence-corrected chi connectivity index (χ3v) is 4.91. The molecule has 0 saturated carbocycles. The summed E-state index contributed by atoms with van der Waals surface area (Å²) in [5, 5.41) is 0. The van der Waals surface area contributed by atoms with Crippen LogP contribution >= 0.6 is 0 Å². The van der Waals surface area contributed by atoms with E-state index in [1.165, 1.54) is 31.4 Å². The molecule has 0 aliphatic heterocycles. The highest BCUT2D eigenvalue weighted by molar-refractivity contribution is 7.89. The van der Waals surface area contributed by atoms with Crippen molar-refractivity contribution in [1.29, 1.82) is 0 Å². The molecule has 0 atom stereocenters. The van der Waals surface area contributed by atoms with Crippen molar-refractivity contribution in [2.45, 2.75) is 11.4 Å². The van der Waals surface area contributed by atoms with Crippen LogP contribution in [0.15, 0.2) is 53.4 Å². The van der Waals surface area contributed by atoms with Gasteiger partial charge in [0, 0.05) is 13.7 Å². The van der Waals surface area contributed by atoms with Crippen LogP contribution in [0.4, 0.5) is 0 Å². The molecule has 0 aromatic heterocycles. The topological polar surface area (TPSA) is 90.9 Å². The van der Waals surface area contributed by atoms with Crippen LogP contribution in [0.5, 0.6) is 5.75 Å². The number of benzene rings is 2. The molecule has 0 aliphatic rings. The summed E-state index contributed by atoms with van der Waals surface area (Å²) in [7, 11) is -0.919. The van der Waals surface area contributed by atoms with E-state index in [-0.39, 0.29) is 17.0 Å². The Hall–Kier alpha value is -2.42. The lowest BCUT2D eigenvalue weighted by Gasteiger charge is -2.09. The summed E-state index contributed by atoms with van der Waals surface area (Å²) >= 11 is 0. The van der Waals surface area contributed by atoms with Crippen molar-refractivity contribution in [3.05, 3.63) is 59.7 Å². The minimum atomic E-state index is -3.76. The van der Waals surface area contributed by atoms with Gasteiger partial charge in [-0.05, 0) is 35.9 Å². The molecule has 0 fully saturated rings. The number of hydrogen-bond acceptors (Lipinski definition) is 6. The van der Waals surface area contributed by atoms with E-state index in [0.717, 1.165) is 5.56 Å². The lowest BCUT2D eigenvalue weighted by Crippen LogP contribution is -2.23. The minimum absolute atomic E-state index is 0.0000749. The van der Waals surface area contributed by atoms with E-state index in [9.17, 15) is 13.2 Å². The molecule has 0 amide bonds. The number of methoxy groups -OCH3 is 2. The number of hydrogen-bond donors (Lipinski definition) is 1.